The molecule has 0 bridgehead atoms. The van der Waals surface area contributed by atoms with E-state index in [-0.39, 0.29) is 29.1 Å². The van der Waals surface area contributed by atoms with E-state index in [0.717, 1.165) is 0 Å². The Kier molecular flexibility index (Phi) is 4.14. The lowest BCUT2D eigenvalue weighted by Gasteiger charge is -2.07. The summed E-state index contributed by atoms with van der Waals surface area (Å²) in [5.74, 6) is 1.13. The number of nitrogens with zero attached hydrogens (tertiary/aromatic N) is 3. The van der Waals surface area contributed by atoms with Crippen LogP contribution < -0.4 is 5.32 Å². The first kappa shape index (κ1) is 14.3. The summed E-state index contributed by atoms with van der Waals surface area (Å²) in [7, 11) is 0.443. The van der Waals surface area contributed by atoms with Crippen LogP contribution in [0.5, 0.6) is 0 Å². The van der Waals surface area contributed by atoms with Crippen LogP contribution in [0.25, 0.3) is 0 Å². The van der Waals surface area contributed by atoms with Crippen LogP contribution in [0.3, 0.4) is 0 Å². The number of sulfone groups is 1. The molecule has 1 aromatic heterocycles. The van der Waals surface area contributed by atoms with Gasteiger partial charge in [-0.3, -0.25) is 4.79 Å². The van der Waals surface area contributed by atoms with Crippen molar-refractivity contribution in [3.8, 4) is 0 Å². The third-order valence-corrected chi connectivity index (χ3v) is 5.87. The zero-order chi connectivity index (χ0) is 14.0. The Labute approximate surface area is 116 Å². The van der Waals surface area contributed by atoms with Crippen molar-refractivity contribution in [2.75, 3.05) is 24.3 Å². The van der Waals surface area contributed by atoms with E-state index in [0.29, 0.717) is 17.4 Å². The molecule has 1 amide bonds. The predicted octanol–water partition coefficient (Wildman–Crippen LogP) is -0.445. The molecule has 0 aromatic carbocycles. The summed E-state index contributed by atoms with van der Waals surface area (Å²) in [5, 5.41) is 11.2. The van der Waals surface area contributed by atoms with E-state index in [9.17, 15) is 13.2 Å². The summed E-state index contributed by atoms with van der Waals surface area (Å²) in [5.41, 5.74) is 0. The molecule has 2 rings (SSSR count). The van der Waals surface area contributed by atoms with Gasteiger partial charge < -0.3 is 9.88 Å². The molecule has 19 heavy (non-hydrogen) atoms. The highest BCUT2D eigenvalue weighted by atomic mass is 32.2. The molecular weight excluding hydrogens is 288 g/mol. The predicted molar refractivity (Wildman–Crippen MR) is 71.8 cm³/mol. The third-order valence-electron chi connectivity index (χ3n) is 3.08. The first-order valence-electron chi connectivity index (χ1n) is 5.86. The molecule has 9 heteroatoms. The average molecular weight is 304 g/mol. The summed E-state index contributed by atoms with van der Waals surface area (Å²) in [6.07, 6.45) is 0.592. The van der Waals surface area contributed by atoms with E-state index in [2.05, 4.69) is 15.5 Å². The monoisotopic (exact) mass is 304 g/mol. The molecule has 1 atom stereocenters. The van der Waals surface area contributed by atoms with E-state index in [4.69, 9.17) is 0 Å². The van der Waals surface area contributed by atoms with E-state index in [1.807, 2.05) is 0 Å². The lowest BCUT2D eigenvalue weighted by Crippen LogP contribution is -2.20. The van der Waals surface area contributed by atoms with Crippen LogP contribution in [0.4, 0.5) is 0 Å². The molecule has 2 heterocycles. The number of carbonyl (C=O) groups is 1. The van der Waals surface area contributed by atoms with Gasteiger partial charge in [0, 0.05) is 20.0 Å². The molecule has 106 valence electrons. The van der Waals surface area contributed by atoms with Gasteiger partial charge in [-0.1, -0.05) is 11.8 Å². The highest BCUT2D eigenvalue weighted by Crippen LogP contribution is 2.29. The van der Waals surface area contributed by atoms with Crippen molar-refractivity contribution >= 4 is 27.5 Å². The van der Waals surface area contributed by atoms with Crippen molar-refractivity contribution in [1.29, 1.82) is 0 Å². The number of carbonyl (C=O) groups excluding carboxylic acids is 1. The van der Waals surface area contributed by atoms with Crippen molar-refractivity contribution < 1.29 is 13.2 Å². The molecule has 1 fully saturated rings. The van der Waals surface area contributed by atoms with Crippen LogP contribution in [0.15, 0.2) is 5.16 Å². The minimum absolute atomic E-state index is 0.0852. The summed E-state index contributed by atoms with van der Waals surface area (Å²) >= 11 is 1.29. The molecule has 0 radical (unpaired) electrons. The molecule has 0 saturated carbocycles. The zero-order valence-corrected chi connectivity index (χ0v) is 12.4. The quantitative estimate of drug-likeness (QED) is 0.758. The number of thioether (sulfide) groups is 1. The van der Waals surface area contributed by atoms with Gasteiger partial charge in [-0.25, -0.2) is 8.42 Å². The largest absolute Gasteiger partial charge is 0.358 e. The normalized spacial score (nSPS) is 21.5. The number of nitrogens with one attached hydrogen (secondary N) is 1. The van der Waals surface area contributed by atoms with E-state index in [1.54, 1.807) is 18.7 Å². The van der Waals surface area contributed by atoms with E-state index in [1.165, 1.54) is 11.8 Å². The highest BCUT2D eigenvalue weighted by Gasteiger charge is 2.32. The van der Waals surface area contributed by atoms with E-state index >= 15 is 0 Å². The maximum Gasteiger partial charge on any atom is 0.230 e. The Hall–Kier alpha value is -1.09. The molecule has 1 aliphatic rings. The van der Waals surface area contributed by atoms with Gasteiger partial charge in [-0.2, -0.15) is 0 Å². The zero-order valence-electron chi connectivity index (χ0n) is 10.8. The number of hydrogen-bond acceptors (Lipinski definition) is 6. The summed E-state index contributed by atoms with van der Waals surface area (Å²) in [4.78, 5) is 11.2. The van der Waals surface area contributed by atoms with Gasteiger partial charge >= 0.3 is 0 Å². The van der Waals surface area contributed by atoms with Crippen LogP contribution >= 0.6 is 11.8 Å². The topological polar surface area (TPSA) is 94.0 Å². The number of amides is 1. The van der Waals surface area contributed by atoms with Crippen molar-refractivity contribution in [2.24, 2.45) is 7.05 Å². The highest BCUT2D eigenvalue weighted by molar-refractivity contribution is 7.99. The van der Waals surface area contributed by atoms with Gasteiger partial charge in [0.15, 0.2) is 15.0 Å². The molecule has 1 N–H and O–H groups in total. The number of aromatic nitrogens is 3. The Bertz CT molecular complexity index is 582. The lowest BCUT2D eigenvalue weighted by atomic mass is 10.1. The third kappa shape index (κ3) is 3.27. The second-order valence-corrected chi connectivity index (χ2v) is 7.63. The first-order valence-corrected chi connectivity index (χ1v) is 8.66. The molecule has 0 spiro atoms. The van der Waals surface area contributed by atoms with Gasteiger partial charge in [-0.05, 0) is 6.42 Å². The first-order chi connectivity index (χ1) is 8.93. The fraction of sp³-hybridized carbons (Fsp3) is 0.700. The summed E-state index contributed by atoms with van der Waals surface area (Å²) in [6, 6.07) is 0. The number of hydrogen-bond donors (Lipinski definition) is 1. The fourth-order valence-corrected chi connectivity index (χ4v) is 4.54. The maximum atomic E-state index is 11.5. The van der Waals surface area contributed by atoms with Gasteiger partial charge in [0.05, 0.1) is 17.3 Å². The Balaban J connectivity index is 2.08. The molecular formula is C10H16N4O3S2. The van der Waals surface area contributed by atoms with Crippen LogP contribution in [0.1, 0.15) is 18.2 Å². The molecule has 0 aliphatic carbocycles. The summed E-state index contributed by atoms with van der Waals surface area (Å²) < 4.78 is 24.7. The van der Waals surface area contributed by atoms with Crippen molar-refractivity contribution in [3.63, 3.8) is 0 Å². The second-order valence-electron chi connectivity index (χ2n) is 4.46. The molecule has 0 unspecified atom stereocenters. The fourth-order valence-electron chi connectivity index (χ4n) is 2.01. The van der Waals surface area contributed by atoms with Gasteiger partial charge in [0.25, 0.3) is 0 Å². The summed E-state index contributed by atoms with van der Waals surface area (Å²) in [6.45, 7) is 0. The molecule has 1 aromatic rings. The maximum absolute atomic E-state index is 11.5. The SMILES string of the molecule is CNC(=O)CSc1nnc([C@H]2CCS(=O)(=O)C2)n1C. The van der Waals surface area contributed by atoms with Crippen LogP contribution in [0.2, 0.25) is 0 Å². The standard InChI is InChI=1S/C10H16N4O3S2/c1-11-8(15)5-18-10-13-12-9(14(10)2)7-3-4-19(16,17)6-7/h7H,3-6H2,1-2H3,(H,11,15)/t7-/m0/s1. The van der Waals surface area contributed by atoms with Gasteiger partial charge in [0.2, 0.25) is 5.91 Å². The molecule has 1 aliphatic heterocycles. The number of rotatable bonds is 4. The minimum atomic E-state index is -2.93. The van der Waals surface area contributed by atoms with Gasteiger partial charge in [-0.15, -0.1) is 10.2 Å². The van der Waals surface area contributed by atoms with Crippen molar-refractivity contribution in [1.82, 2.24) is 20.1 Å². The minimum Gasteiger partial charge on any atom is -0.358 e. The van der Waals surface area contributed by atoms with Crippen LogP contribution in [-0.4, -0.2) is 53.4 Å². The molecule has 1 saturated heterocycles. The van der Waals surface area contributed by atoms with Gasteiger partial charge in [0.1, 0.15) is 5.82 Å². The Morgan fingerprint density at radius 3 is 2.84 bits per heavy atom. The van der Waals surface area contributed by atoms with Crippen molar-refractivity contribution in [2.45, 2.75) is 17.5 Å². The lowest BCUT2D eigenvalue weighted by molar-refractivity contribution is -0.118. The van der Waals surface area contributed by atoms with Crippen LogP contribution in [0, 0.1) is 0 Å². The average Bonchev–Trinajstić information content (AvgIpc) is 2.89. The van der Waals surface area contributed by atoms with E-state index < -0.39 is 9.84 Å². The second kappa shape index (κ2) is 5.49. The van der Waals surface area contributed by atoms with Crippen molar-refractivity contribution in [3.05, 3.63) is 5.82 Å². The Morgan fingerprint density at radius 2 is 2.26 bits per heavy atom. The van der Waals surface area contributed by atoms with Crippen LogP contribution in [-0.2, 0) is 21.7 Å². The smallest absolute Gasteiger partial charge is 0.230 e. The molecule has 7 nitrogen and oxygen atoms in total. The Morgan fingerprint density at radius 1 is 1.53 bits per heavy atom.